The molecule has 0 saturated heterocycles. The van der Waals surface area contributed by atoms with E-state index >= 15 is 0 Å². The van der Waals surface area contributed by atoms with Crippen LogP contribution in [0.3, 0.4) is 0 Å². The van der Waals surface area contributed by atoms with Crippen molar-refractivity contribution in [3.8, 4) is 0 Å². The number of aliphatic hydroxyl groups is 1. The molecule has 0 unspecified atom stereocenters. The predicted octanol–water partition coefficient (Wildman–Crippen LogP) is 2.47. The molecule has 2 rings (SSSR count). The molecular formula is C14H19FN2O3. The van der Waals surface area contributed by atoms with Crippen molar-refractivity contribution in [1.29, 1.82) is 0 Å². The van der Waals surface area contributed by atoms with Crippen LogP contribution >= 0.6 is 0 Å². The Balaban J connectivity index is 2.20. The minimum atomic E-state index is -0.486. The zero-order chi connectivity index (χ0) is 14.5. The monoisotopic (exact) mass is 282 g/mol. The van der Waals surface area contributed by atoms with Gasteiger partial charge in [0.2, 0.25) is 0 Å². The van der Waals surface area contributed by atoms with Gasteiger partial charge >= 0.3 is 0 Å². The molecule has 5 nitrogen and oxygen atoms in total. The molecule has 0 aliphatic heterocycles. The number of nitro groups is 1. The maximum Gasteiger partial charge on any atom is 0.274 e. The second-order valence-corrected chi connectivity index (χ2v) is 5.16. The summed E-state index contributed by atoms with van der Waals surface area (Å²) in [5, 5.41) is 20.2. The molecule has 1 saturated carbocycles. The molecule has 1 aliphatic rings. The van der Waals surface area contributed by atoms with Gasteiger partial charge in [-0.15, -0.1) is 0 Å². The summed E-state index contributed by atoms with van der Waals surface area (Å²) in [6.07, 6.45) is 4.34. The summed E-state index contributed by atoms with van der Waals surface area (Å²) < 4.78 is 13.3. The largest absolute Gasteiger partial charge is 0.395 e. The van der Waals surface area contributed by atoms with Gasteiger partial charge in [0, 0.05) is 30.8 Å². The lowest BCUT2D eigenvalue weighted by atomic mass is 10.1. The maximum absolute atomic E-state index is 13.3. The second-order valence-electron chi connectivity index (χ2n) is 5.16. The van der Waals surface area contributed by atoms with Crippen molar-refractivity contribution < 1.29 is 14.4 Å². The van der Waals surface area contributed by atoms with Crippen molar-refractivity contribution in [1.82, 2.24) is 4.90 Å². The molecule has 0 heterocycles. The summed E-state index contributed by atoms with van der Waals surface area (Å²) in [6.45, 7) is 0.761. The van der Waals surface area contributed by atoms with Crippen LogP contribution in [0.1, 0.15) is 31.2 Å². The lowest BCUT2D eigenvalue weighted by Gasteiger charge is -2.27. The fraction of sp³-hybridized carbons (Fsp3) is 0.571. The number of halogens is 1. The topological polar surface area (TPSA) is 66.6 Å². The van der Waals surface area contributed by atoms with E-state index < -0.39 is 10.7 Å². The van der Waals surface area contributed by atoms with Crippen molar-refractivity contribution in [3.63, 3.8) is 0 Å². The summed E-state index contributed by atoms with van der Waals surface area (Å²) in [5.41, 5.74) is 0.308. The molecule has 1 aliphatic carbocycles. The first-order chi connectivity index (χ1) is 9.61. The molecule has 20 heavy (non-hydrogen) atoms. The van der Waals surface area contributed by atoms with E-state index in [4.69, 9.17) is 5.11 Å². The number of benzene rings is 1. The van der Waals surface area contributed by atoms with Crippen LogP contribution < -0.4 is 0 Å². The van der Waals surface area contributed by atoms with Gasteiger partial charge in [0.1, 0.15) is 5.82 Å². The Morgan fingerprint density at radius 3 is 2.70 bits per heavy atom. The molecule has 110 valence electrons. The molecule has 1 aromatic rings. The van der Waals surface area contributed by atoms with Crippen LogP contribution in [0.2, 0.25) is 0 Å². The summed E-state index contributed by atoms with van der Waals surface area (Å²) in [7, 11) is 0. The van der Waals surface area contributed by atoms with E-state index in [1.54, 1.807) is 0 Å². The smallest absolute Gasteiger partial charge is 0.274 e. The molecule has 6 heteroatoms. The van der Waals surface area contributed by atoms with Gasteiger partial charge in [-0.1, -0.05) is 12.8 Å². The SMILES string of the molecule is O=[N+]([O-])c1ccc(F)cc1CN(CCO)C1CCCC1. The number of rotatable bonds is 6. The Kier molecular flexibility index (Phi) is 5.03. The third-order valence-electron chi connectivity index (χ3n) is 3.84. The fourth-order valence-electron chi connectivity index (χ4n) is 2.87. The molecule has 0 bridgehead atoms. The molecule has 0 amide bonds. The third kappa shape index (κ3) is 3.52. The van der Waals surface area contributed by atoms with E-state index in [9.17, 15) is 14.5 Å². The molecular weight excluding hydrogens is 263 g/mol. The zero-order valence-electron chi connectivity index (χ0n) is 11.3. The number of nitro benzene ring substituents is 1. The van der Waals surface area contributed by atoms with Gasteiger partial charge in [-0.2, -0.15) is 0 Å². The molecule has 0 atom stereocenters. The summed E-state index contributed by atoms with van der Waals surface area (Å²) in [6, 6.07) is 3.85. The Bertz CT molecular complexity index is 475. The third-order valence-corrected chi connectivity index (χ3v) is 3.84. The molecule has 1 N–H and O–H groups in total. The van der Waals surface area contributed by atoms with Crippen LogP contribution in [-0.4, -0.2) is 34.1 Å². The van der Waals surface area contributed by atoms with Crippen LogP contribution in [0.4, 0.5) is 10.1 Å². The van der Waals surface area contributed by atoms with Crippen molar-refractivity contribution in [3.05, 3.63) is 39.7 Å². The second kappa shape index (κ2) is 6.76. The van der Waals surface area contributed by atoms with E-state index in [1.807, 2.05) is 4.90 Å². The van der Waals surface area contributed by atoms with E-state index in [2.05, 4.69) is 0 Å². The van der Waals surface area contributed by atoms with Crippen molar-refractivity contribution >= 4 is 5.69 Å². The van der Waals surface area contributed by atoms with Crippen molar-refractivity contribution in [2.45, 2.75) is 38.3 Å². The van der Waals surface area contributed by atoms with Gasteiger partial charge in [-0.05, 0) is 25.0 Å². The van der Waals surface area contributed by atoms with E-state index in [0.29, 0.717) is 24.7 Å². The molecule has 0 radical (unpaired) electrons. The highest BCUT2D eigenvalue weighted by Gasteiger charge is 2.25. The quantitative estimate of drug-likeness (QED) is 0.643. The summed E-state index contributed by atoms with van der Waals surface area (Å²) in [5.74, 6) is -0.471. The van der Waals surface area contributed by atoms with E-state index in [-0.39, 0.29) is 12.3 Å². The normalized spacial score (nSPS) is 15.9. The number of nitrogens with zero attached hydrogens (tertiary/aromatic N) is 2. The minimum absolute atomic E-state index is 0.000384. The van der Waals surface area contributed by atoms with Crippen LogP contribution in [-0.2, 0) is 6.54 Å². The first-order valence-corrected chi connectivity index (χ1v) is 6.89. The molecule has 0 aromatic heterocycles. The maximum atomic E-state index is 13.3. The first kappa shape index (κ1) is 14.9. The first-order valence-electron chi connectivity index (χ1n) is 6.89. The van der Waals surface area contributed by atoms with Gasteiger partial charge in [-0.3, -0.25) is 15.0 Å². The number of aliphatic hydroxyl groups excluding tert-OH is 1. The Hall–Kier alpha value is -1.53. The predicted molar refractivity (Wildman–Crippen MR) is 72.8 cm³/mol. The van der Waals surface area contributed by atoms with Crippen LogP contribution in [0.25, 0.3) is 0 Å². The van der Waals surface area contributed by atoms with Gasteiger partial charge in [0.25, 0.3) is 5.69 Å². The standard InChI is InChI=1S/C14H19FN2O3/c15-12-5-6-14(17(19)20)11(9-12)10-16(7-8-18)13-3-1-2-4-13/h5-6,9,13,18H,1-4,7-8,10H2. The summed E-state index contributed by atoms with van der Waals surface area (Å²) in [4.78, 5) is 12.5. The zero-order valence-corrected chi connectivity index (χ0v) is 11.3. The van der Waals surface area contributed by atoms with Gasteiger partial charge in [0.05, 0.1) is 11.5 Å². The van der Waals surface area contributed by atoms with Gasteiger partial charge in [0.15, 0.2) is 0 Å². The minimum Gasteiger partial charge on any atom is -0.395 e. The Labute approximate surface area is 117 Å². The Morgan fingerprint density at radius 1 is 1.40 bits per heavy atom. The van der Waals surface area contributed by atoms with E-state index in [1.165, 1.54) is 12.1 Å². The van der Waals surface area contributed by atoms with Gasteiger partial charge in [-0.25, -0.2) is 4.39 Å². The number of hydrogen-bond acceptors (Lipinski definition) is 4. The highest BCUT2D eigenvalue weighted by atomic mass is 19.1. The van der Waals surface area contributed by atoms with Crippen LogP contribution in [0, 0.1) is 15.9 Å². The highest BCUT2D eigenvalue weighted by Crippen LogP contribution is 2.27. The molecule has 0 spiro atoms. The average molecular weight is 282 g/mol. The molecule has 1 aromatic carbocycles. The average Bonchev–Trinajstić information content (AvgIpc) is 2.91. The van der Waals surface area contributed by atoms with Crippen molar-refractivity contribution in [2.75, 3.05) is 13.2 Å². The van der Waals surface area contributed by atoms with Gasteiger partial charge < -0.3 is 5.11 Å². The van der Waals surface area contributed by atoms with Crippen molar-refractivity contribution in [2.24, 2.45) is 0 Å². The molecule has 1 fully saturated rings. The fourth-order valence-corrected chi connectivity index (χ4v) is 2.87. The van der Waals surface area contributed by atoms with Crippen LogP contribution in [0.15, 0.2) is 18.2 Å². The summed E-state index contributed by atoms with van der Waals surface area (Å²) >= 11 is 0. The number of hydrogen-bond donors (Lipinski definition) is 1. The lowest BCUT2D eigenvalue weighted by Crippen LogP contribution is -2.35. The Morgan fingerprint density at radius 2 is 2.10 bits per heavy atom. The van der Waals surface area contributed by atoms with E-state index in [0.717, 1.165) is 31.7 Å². The highest BCUT2D eigenvalue weighted by molar-refractivity contribution is 5.40. The van der Waals surface area contributed by atoms with Crippen LogP contribution in [0.5, 0.6) is 0 Å². The lowest BCUT2D eigenvalue weighted by molar-refractivity contribution is -0.385.